The van der Waals surface area contributed by atoms with Crippen molar-refractivity contribution < 1.29 is 45.4 Å². The summed E-state index contributed by atoms with van der Waals surface area (Å²) in [5, 5.41) is 0. The van der Waals surface area contributed by atoms with Crippen LogP contribution in [0.1, 0.15) is 33.1 Å². The van der Waals surface area contributed by atoms with Crippen molar-refractivity contribution in [3.8, 4) is 0 Å². The molecule has 0 radical (unpaired) electrons. The van der Waals surface area contributed by atoms with Crippen LogP contribution in [0.2, 0.25) is 0 Å². The molecule has 0 saturated carbocycles. The maximum absolute atomic E-state index is 13.2. The van der Waals surface area contributed by atoms with Gasteiger partial charge in [-0.05, 0) is 25.7 Å². The van der Waals surface area contributed by atoms with Crippen LogP contribution in [0, 0.1) is 5.92 Å². The summed E-state index contributed by atoms with van der Waals surface area (Å²) in [6, 6.07) is 0. The lowest BCUT2D eigenvalue weighted by atomic mass is 9.99. The van der Waals surface area contributed by atoms with E-state index < -0.39 is 42.1 Å². The zero-order valence-electron chi connectivity index (χ0n) is 14.3. The van der Waals surface area contributed by atoms with E-state index in [9.17, 15) is 35.9 Å². The van der Waals surface area contributed by atoms with Crippen LogP contribution >= 0.6 is 0 Å². The van der Waals surface area contributed by atoms with E-state index in [1.165, 1.54) is 6.08 Å². The fraction of sp³-hybridized carbons (Fsp3) is 0.625. The first-order valence-corrected chi connectivity index (χ1v) is 7.55. The summed E-state index contributed by atoms with van der Waals surface area (Å²) >= 11 is 0. The summed E-state index contributed by atoms with van der Waals surface area (Å²) in [4.78, 5) is 23.1. The average Bonchev–Trinajstić information content (AvgIpc) is 2.48. The molecule has 0 heterocycles. The van der Waals surface area contributed by atoms with Crippen molar-refractivity contribution in [3.63, 3.8) is 0 Å². The second-order valence-electron chi connectivity index (χ2n) is 5.57. The molecule has 0 rings (SSSR count). The summed E-state index contributed by atoms with van der Waals surface area (Å²) < 4.78 is 86.8. The molecular weight excluding hydrogens is 370 g/mol. The van der Waals surface area contributed by atoms with Crippen LogP contribution in [0.25, 0.3) is 0 Å². The smallest absolute Gasteiger partial charge is 0.449 e. The van der Waals surface area contributed by atoms with Gasteiger partial charge in [-0.1, -0.05) is 26.0 Å². The molecule has 150 valence electrons. The molecule has 0 aromatic rings. The van der Waals surface area contributed by atoms with Gasteiger partial charge in [0, 0.05) is 5.57 Å². The molecule has 0 bridgehead atoms. The van der Waals surface area contributed by atoms with Gasteiger partial charge in [-0.15, -0.1) is 6.58 Å². The monoisotopic (exact) mass is 390 g/mol. The van der Waals surface area contributed by atoms with Crippen molar-refractivity contribution in [2.75, 3.05) is 6.61 Å². The molecule has 0 fully saturated rings. The van der Waals surface area contributed by atoms with E-state index in [0.29, 0.717) is 12.8 Å². The fourth-order valence-electron chi connectivity index (χ4n) is 1.92. The maximum Gasteiger partial charge on any atom is 0.449 e. The number of carbonyl (C=O) groups is 2. The molecule has 10 heteroatoms. The van der Waals surface area contributed by atoms with Gasteiger partial charge in [0.2, 0.25) is 0 Å². The van der Waals surface area contributed by atoms with Crippen molar-refractivity contribution in [2.24, 2.45) is 5.92 Å². The summed E-state index contributed by atoms with van der Waals surface area (Å²) in [5.74, 6) is -4.90. The number of rotatable bonds is 9. The van der Waals surface area contributed by atoms with E-state index in [4.69, 9.17) is 0 Å². The molecule has 0 spiro atoms. The van der Waals surface area contributed by atoms with Crippen LogP contribution in [-0.4, -0.2) is 36.5 Å². The molecule has 1 atom stereocenters. The van der Waals surface area contributed by atoms with E-state index >= 15 is 0 Å². The standard InChI is InChI=1S/C16H20F6O4/c1-5-7-11(6-2)8-9-25-13(24)14(15(17,18)19,16(20,21)22)26-12(23)10(3)4/h5,11H,1,3,6-9H2,2,4H3. The Morgan fingerprint density at radius 3 is 1.96 bits per heavy atom. The molecule has 0 aromatic heterocycles. The average molecular weight is 390 g/mol. The predicted octanol–water partition coefficient (Wildman–Crippen LogP) is 4.50. The lowest BCUT2D eigenvalue weighted by Crippen LogP contribution is -2.65. The molecule has 0 aliphatic rings. The van der Waals surface area contributed by atoms with Gasteiger partial charge in [0.15, 0.2) is 0 Å². The number of allylic oxidation sites excluding steroid dienone is 1. The minimum atomic E-state index is -6.28. The summed E-state index contributed by atoms with van der Waals surface area (Å²) in [6.07, 6.45) is -10.0. The topological polar surface area (TPSA) is 52.6 Å². The third kappa shape index (κ3) is 5.50. The predicted molar refractivity (Wildman–Crippen MR) is 79.9 cm³/mol. The lowest BCUT2D eigenvalue weighted by molar-refractivity contribution is -0.358. The van der Waals surface area contributed by atoms with Crippen LogP contribution < -0.4 is 0 Å². The SMILES string of the molecule is C=CCC(CC)CCOC(=O)C(OC(=O)C(=C)C)(C(F)(F)F)C(F)(F)F. The molecule has 4 nitrogen and oxygen atoms in total. The zero-order chi connectivity index (χ0) is 20.8. The highest BCUT2D eigenvalue weighted by molar-refractivity contribution is 5.92. The number of carbonyl (C=O) groups excluding carboxylic acids is 2. The van der Waals surface area contributed by atoms with Crippen molar-refractivity contribution >= 4 is 11.9 Å². The summed E-state index contributed by atoms with van der Waals surface area (Å²) in [6.45, 7) is 8.27. The van der Waals surface area contributed by atoms with E-state index in [1.807, 2.05) is 0 Å². The quantitative estimate of drug-likeness (QED) is 0.252. The number of hydrogen-bond donors (Lipinski definition) is 0. The number of hydrogen-bond acceptors (Lipinski definition) is 4. The van der Waals surface area contributed by atoms with Crippen LogP contribution in [0.15, 0.2) is 24.8 Å². The summed E-state index contributed by atoms with van der Waals surface area (Å²) in [7, 11) is 0. The first-order chi connectivity index (χ1) is 11.7. The number of alkyl halides is 6. The molecule has 0 amide bonds. The van der Waals surface area contributed by atoms with Gasteiger partial charge in [0.1, 0.15) is 0 Å². The second kappa shape index (κ2) is 9.09. The number of esters is 2. The highest BCUT2D eigenvalue weighted by Crippen LogP contribution is 2.47. The normalized spacial score (nSPS) is 13.7. The maximum atomic E-state index is 13.2. The van der Waals surface area contributed by atoms with Crippen LogP contribution in [0.3, 0.4) is 0 Å². The van der Waals surface area contributed by atoms with E-state index in [1.54, 1.807) is 6.92 Å². The Morgan fingerprint density at radius 2 is 1.62 bits per heavy atom. The molecule has 0 aliphatic carbocycles. The first kappa shape index (κ1) is 24.0. The largest absolute Gasteiger partial charge is 0.462 e. The third-order valence-electron chi connectivity index (χ3n) is 3.52. The van der Waals surface area contributed by atoms with Gasteiger partial charge in [-0.2, -0.15) is 26.3 Å². The van der Waals surface area contributed by atoms with Gasteiger partial charge >= 0.3 is 29.9 Å². The van der Waals surface area contributed by atoms with Gasteiger partial charge in [-0.3, -0.25) is 0 Å². The Hall–Kier alpha value is -2.00. The van der Waals surface area contributed by atoms with Crippen LogP contribution in [0.5, 0.6) is 0 Å². The zero-order valence-corrected chi connectivity index (χ0v) is 14.3. The molecular formula is C16H20F6O4. The first-order valence-electron chi connectivity index (χ1n) is 7.55. The van der Waals surface area contributed by atoms with Gasteiger partial charge in [0.05, 0.1) is 6.61 Å². The third-order valence-corrected chi connectivity index (χ3v) is 3.52. The second-order valence-corrected chi connectivity index (χ2v) is 5.57. The molecule has 1 unspecified atom stereocenters. The van der Waals surface area contributed by atoms with Crippen molar-refractivity contribution in [1.29, 1.82) is 0 Å². The Bertz CT molecular complexity index is 522. The van der Waals surface area contributed by atoms with E-state index in [0.717, 1.165) is 6.92 Å². The Kier molecular flexibility index (Phi) is 8.39. The minimum absolute atomic E-state index is 0.0223. The highest BCUT2D eigenvalue weighted by atomic mass is 19.4. The molecule has 26 heavy (non-hydrogen) atoms. The minimum Gasteiger partial charge on any atom is -0.462 e. The van der Waals surface area contributed by atoms with Crippen molar-refractivity contribution in [2.45, 2.75) is 51.1 Å². The van der Waals surface area contributed by atoms with Crippen molar-refractivity contribution in [1.82, 2.24) is 0 Å². The van der Waals surface area contributed by atoms with Gasteiger partial charge < -0.3 is 9.47 Å². The van der Waals surface area contributed by atoms with E-state index in [2.05, 4.69) is 22.6 Å². The molecule has 0 aromatic carbocycles. The van der Waals surface area contributed by atoms with Crippen LogP contribution in [-0.2, 0) is 19.1 Å². The molecule has 0 N–H and O–H groups in total. The fourth-order valence-corrected chi connectivity index (χ4v) is 1.92. The van der Waals surface area contributed by atoms with E-state index in [-0.39, 0.29) is 12.3 Å². The highest BCUT2D eigenvalue weighted by Gasteiger charge is 2.80. The Morgan fingerprint density at radius 1 is 1.12 bits per heavy atom. The molecule has 0 saturated heterocycles. The molecule has 0 aliphatic heterocycles. The van der Waals surface area contributed by atoms with Gasteiger partial charge in [0.25, 0.3) is 0 Å². The van der Waals surface area contributed by atoms with Crippen LogP contribution in [0.4, 0.5) is 26.3 Å². The number of halogens is 6. The summed E-state index contributed by atoms with van der Waals surface area (Å²) in [5.41, 5.74) is -6.16. The number of ether oxygens (including phenoxy) is 2. The lowest BCUT2D eigenvalue weighted by Gasteiger charge is -2.34. The Labute approximate surface area is 146 Å². The van der Waals surface area contributed by atoms with Crippen molar-refractivity contribution in [3.05, 3.63) is 24.8 Å². The van der Waals surface area contributed by atoms with Gasteiger partial charge in [-0.25, -0.2) is 9.59 Å². The Balaban J connectivity index is 5.64.